The van der Waals surface area contributed by atoms with Crippen molar-refractivity contribution < 1.29 is 19.4 Å². The number of likely N-dealkylation sites (tertiary alicyclic amines) is 1. The number of hydrogen-bond donors (Lipinski definition) is 1. The van der Waals surface area contributed by atoms with Crippen LogP contribution in [0.25, 0.3) is 0 Å². The maximum atomic E-state index is 12.2. The molecule has 3 atom stereocenters. The Kier molecular flexibility index (Phi) is 4.80. The maximum Gasteiger partial charge on any atom is 0.307 e. The lowest BCUT2D eigenvalue weighted by atomic mass is 10.2. The summed E-state index contributed by atoms with van der Waals surface area (Å²) in [5.74, 6) is -1.52. The number of ether oxygens (including phenoxy) is 1. The van der Waals surface area contributed by atoms with Gasteiger partial charge in [0.1, 0.15) is 0 Å². The van der Waals surface area contributed by atoms with Gasteiger partial charge in [-0.05, 0) is 32.1 Å². The van der Waals surface area contributed by atoms with Crippen LogP contribution in [0.4, 0.5) is 0 Å². The Morgan fingerprint density at radius 1 is 1.26 bits per heavy atom. The van der Waals surface area contributed by atoms with E-state index in [1.54, 1.807) is 0 Å². The molecule has 1 saturated heterocycles. The van der Waals surface area contributed by atoms with Crippen molar-refractivity contribution in [2.24, 2.45) is 11.8 Å². The highest BCUT2D eigenvalue weighted by molar-refractivity contribution is 5.89. The quantitative estimate of drug-likeness (QED) is 0.821. The van der Waals surface area contributed by atoms with Crippen molar-refractivity contribution in [1.82, 2.24) is 4.90 Å². The Labute approximate surface area is 113 Å². The summed E-state index contributed by atoms with van der Waals surface area (Å²) in [7, 11) is 0. The van der Waals surface area contributed by atoms with Crippen LogP contribution in [0.3, 0.4) is 0 Å². The third kappa shape index (κ3) is 3.69. The van der Waals surface area contributed by atoms with Gasteiger partial charge in [0.05, 0.1) is 17.9 Å². The molecule has 0 radical (unpaired) electrons. The minimum atomic E-state index is -0.836. The molecule has 5 heteroatoms. The lowest BCUT2D eigenvalue weighted by Crippen LogP contribution is -2.34. The number of carbonyl (C=O) groups is 2. The molecule has 0 aromatic carbocycles. The van der Waals surface area contributed by atoms with Gasteiger partial charge in [-0.2, -0.15) is 0 Å². The van der Waals surface area contributed by atoms with Crippen LogP contribution in [0.1, 0.15) is 39.0 Å². The largest absolute Gasteiger partial charge is 0.481 e. The predicted molar refractivity (Wildman–Crippen MR) is 69.7 cm³/mol. The van der Waals surface area contributed by atoms with Gasteiger partial charge in [0.2, 0.25) is 5.91 Å². The van der Waals surface area contributed by atoms with Gasteiger partial charge in [-0.25, -0.2) is 0 Å². The van der Waals surface area contributed by atoms with Crippen LogP contribution in [0.2, 0.25) is 0 Å². The van der Waals surface area contributed by atoms with Crippen LogP contribution in [-0.4, -0.2) is 47.7 Å². The zero-order valence-corrected chi connectivity index (χ0v) is 11.5. The summed E-state index contributed by atoms with van der Waals surface area (Å²) < 4.78 is 5.74. The molecule has 1 heterocycles. The second-order valence-corrected chi connectivity index (χ2v) is 5.54. The number of carboxylic acids is 1. The van der Waals surface area contributed by atoms with Gasteiger partial charge in [-0.3, -0.25) is 9.59 Å². The highest BCUT2D eigenvalue weighted by Gasteiger charge is 2.49. The summed E-state index contributed by atoms with van der Waals surface area (Å²) in [6.45, 7) is 4.32. The van der Waals surface area contributed by atoms with E-state index in [9.17, 15) is 9.59 Å². The van der Waals surface area contributed by atoms with Crippen LogP contribution in [0.5, 0.6) is 0 Å². The Morgan fingerprint density at radius 2 is 2.05 bits per heavy atom. The standard InChI is InChI=1S/C14H23NO4/c1-2-8-19-10-4-3-6-15(7-5-10)13(16)11-9-12(11)14(17)18/h10-12H,2-9H2,1H3,(H,17,18)/t10-,11-,12-/m1/s1. The Bertz CT molecular complexity index is 344. The molecule has 0 spiro atoms. The first-order valence-corrected chi connectivity index (χ1v) is 7.26. The molecule has 0 bridgehead atoms. The molecule has 1 aliphatic heterocycles. The van der Waals surface area contributed by atoms with Crippen molar-refractivity contribution in [3.63, 3.8) is 0 Å². The van der Waals surface area contributed by atoms with Crippen molar-refractivity contribution in [2.45, 2.75) is 45.1 Å². The molecule has 1 N–H and O–H groups in total. The predicted octanol–water partition coefficient (Wildman–Crippen LogP) is 1.51. The summed E-state index contributed by atoms with van der Waals surface area (Å²) in [6, 6.07) is 0. The summed E-state index contributed by atoms with van der Waals surface area (Å²) in [4.78, 5) is 24.8. The topological polar surface area (TPSA) is 66.8 Å². The van der Waals surface area contributed by atoms with Crippen molar-refractivity contribution in [3.8, 4) is 0 Å². The van der Waals surface area contributed by atoms with Gasteiger partial charge in [0.25, 0.3) is 0 Å². The average molecular weight is 269 g/mol. The average Bonchev–Trinajstić information content (AvgIpc) is 3.19. The lowest BCUT2D eigenvalue weighted by Gasteiger charge is -2.20. The van der Waals surface area contributed by atoms with Crippen molar-refractivity contribution in [3.05, 3.63) is 0 Å². The van der Waals surface area contributed by atoms with E-state index in [1.165, 1.54) is 0 Å². The molecule has 0 aromatic heterocycles. The Hall–Kier alpha value is -1.10. The summed E-state index contributed by atoms with van der Waals surface area (Å²) >= 11 is 0. The minimum absolute atomic E-state index is 0.0311. The molecule has 2 aliphatic rings. The molecule has 1 saturated carbocycles. The van der Waals surface area contributed by atoms with Crippen LogP contribution >= 0.6 is 0 Å². The van der Waals surface area contributed by atoms with Gasteiger partial charge in [-0.15, -0.1) is 0 Å². The van der Waals surface area contributed by atoms with E-state index in [4.69, 9.17) is 9.84 Å². The van der Waals surface area contributed by atoms with Gasteiger partial charge in [0, 0.05) is 19.7 Å². The van der Waals surface area contributed by atoms with Crippen molar-refractivity contribution in [1.29, 1.82) is 0 Å². The molecule has 2 rings (SSSR count). The fourth-order valence-electron chi connectivity index (χ4n) is 2.71. The van der Waals surface area contributed by atoms with Gasteiger partial charge in [-0.1, -0.05) is 6.92 Å². The monoisotopic (exact) mass is 269 g/mol. The number of amides is 1. The summed E-state index contributed by atoms with van der Waals surface area (Å²) in [5, 5.41) is 8.87. The number of aliphatic carboxylic acids is 1. The van der Waals surface area contributed by atoms with Crippen molar-refractivity contribution in [2.75, 3.05) is 19.7 Å². The normalized spacial score (nSPS) is 30.8. The van der Waals surface area contributed by atoms with Crippen LogP contribution < -0.4 is 0 Å². The molecular formula is C14H23NO4. The zero-order chi connectivity index (χ0) is 13.8. The van der Waals surface area contributed by atoms with E-state index >= 15 is 0 Å². The first kappa shape index (κ1) is 14.3. The van der Waals surface area contributed by atoms with Crippen molar-refractivity contribution >= 4 is 11.9 Å². The molecule has 108 valence electrons. The lowest BCUT2D eigenvalue weighted by molar-refractivity contribution is -0.142. The maximum absolute atomic E-state index is 12.2. The highest BCUT2D eigenvalue weighted by Crippen LogP contribution is 2.40. The highest BCUT2D eigenvalue weighted by atomic mass is 16.5. The Balaban J connectivity index is 1.79. The summed E-state index contributed by atoms with van der Waals surface area (Å²) in [6.07, 6.45) is 4.60. The van der Waals surface area contributed by atoms with E-state index in [-0.39, 0.29) is 17.9 Å². The molecular weight excluding hydrogens is 246 g/mol. The van der Waals surface area contributed by atoms with Gasteiger partial charge < -0.3 is 14.7 Å². The number of rotatable bonds is 5. The first-order valence-electron chi connectivity index (χ1n) is 7.26. The van der Waals surface area contributed by atoms with Crippen LogP contribution in [0, 0.1) is 11.8 Å². The summed E-state index contributed by atoms with van der Waals surface area (Å²) in [5.41, 5.74) is 0. The molecule has 0 aromatic rings. The van der Waals surface area contributed by atoms with E-state index < -0.39 is 11.9 Å². The van der Waals surface area contributed by atoms with E-state index in [1.807, 2.05) is 4.90 Å². The van der Waals surface area contributed by atoms with Crippen LogP contribution in [-0.2, 0) is 14.3 Å². The van der Waals surface area contributed by atoms with E-state index in [0.717, 1.165) is 38.8 Å². The first-order chi connectivity index (χ1) is 9.13. The van der Waals surface area contributed by atoms with Crippen LogP contribution in [0.15, 0.2) is 0 Å². The molecule has 1 amide bonds. The smallest absolute Gasteiger partial charge is 0.307 e. The number of nitrogens with zero attached hydrogens (tertiary/aromatic N) is 1. The fraction of sp³-hybridized carbons (Fsp3) is 0.857. The fourth-order valence-corrected chi connectivity index (χ4v) is 2.71. The zero-order valence-electron chi connectivity index (χ0n) is 11.5. The minimum Gasteiger partial charge on any atom is -0.481 e. The second-order valence-electron chi connectivity index (χ2n) is 5.54. The molecule has 19 heavy (non-hydrogen) atoms. The number of carbonyl (C=O) groups excluding carboxylic acids is 1. The third-order valence-electron chi connectivity index (χ3n) is 3.97. The third-order valence-corrected chi connectivity index (χ3v) is 3.97. The van der Waals surface area contributed by atoms with E-state index in [0.29, 0.717) is 13.0 Å². The molecule has 2 fully saturated rings. The number of hydrogen-bond acceptors (Lipinski definition) is 3. The SMILES string of the molecule is CCCO[C@@H]1CCCN(C(=O)[C@@H]2C[C@H]2C(=O)O)CC1. The molecule has 1 aliphatic carbocycles. The second kappa shape index (κ2) is 6.37. The van der Waals surface area contributed by atoms with Gasteiger partial charge in [0.15, 0.2) is 0 Å². The van der Waals surface area contributed by atoms with Gasteiger partial charge >= 0.3 is 5.97 Å². The number of carboxylic acid groups (broad SMARTS) is 1. The van der Waals surface area contributed by atoms with E-state index in [2.05, 4.69) is 6.92 Å². The molecule has 0 unspecified atom stereocenters. The Morgan fingerprint density at radius 3 is 2.68 bits per heavy atom. The molecule has 5 nitrogen and oxygen atoms in total.